The molecular weight excluding hydrogens is 194 g/mol. The Kier molecular flexibility index (Phi) is 1.75. The molecule has 2 heterocycles. The van der Waals surface area contributed by atoms with Crippen LogP contribution in [0.25, 0.3) is 0 Å². The molecule has 0 radical (unpaired) electrons. The third kappa shape index (κ3) is 1.31. The Hall–Kier alpha value is -1.20. The van der Waals surface area contributed by atoms with Gasteiger partial charge in [0.05, 0.1) is 37.1 Å². The summed E-state index contributed by atoms with van der Waals surface area (Å²) in [5.41, 5.74) is 7.64. The summed E-state index contributed by atoms with van der Waals surface area (Å²) in [4.78, 5) is 8.81. The van der Waals surface area contributed by atoms with Gasteiger partial charge in [0, 0.05) is 0 Å². The molecular formula is C10H13N3O2. The van der Waals surface area contributed by atoms with E-state index >= 15 is 0 Å². The molecule has 80 valence electrons. The van der Waals surface area contributed by atoms with E-state index in [0.717, 1.165) is 24.1 Å². The first kappa shape index (κ1) is 9.06. The van der Waals surface area contributed by atoms with E-state index in [-0.39, 0.29) is 5.54 Å². The monoisotopic (exact) mass is 207 g/mol. The van der Waals surface area contributed by atoms with Crippen molar-refractivity contribution in [1.82, 2.24) is 9.97 Å². The maximum atomic E-state index is 6.06. The molecule has 0 bridgehead atoms. The Bertz CT molecular complexity index is 415. The van der Waals surface area contributed by atoms with Crippen molar-refractivity contribution in [1.29, 1.82) is 0 Å². The minimum atomic E-state index is -0.315. The fourth-order valence-electron chi connectivity index (χ4n) is 1.77. The van der Waals surface area contributed by atoms with Gasteiger partial charge in [-0.1, -0.05) is 0 Å². The van der Waals surface area contributed by atoms with Crippen LogP contribution in [0.1, 0.15) is 29.9 Å². The molecule has 1 aromatic heterocycles. The van der Waals surface area contributed by atoms with Crippen molar-refractivity contribution in [2.45, 2.75) is 31.6 Å². The van der Waals surface area contributed by atoms with E-state index in [1.165, 1.54) is 0 Å². The van der Waals surface area contributed by atoms with Crippen LogP contribution in [0, 0.1) is 0 Å². The third-order valence-corrected chi connectivity index (χ3v) is 2.97. The number of nitrogens with zero attached hydrogens (tertiary/aromatic N) is 2. The van der Waals surface area contributed by atoms with Crippen LogP contribution in [-0.4, -0.2) is 17.1 Å². The van der Waals surface area contributed by atoms with Crippen LogP contribution in [0.15, 0.2) is 0 Å². The van der Waals surface area contributed by atoms with Gasteiger partial charge < -0.3 is 15.2 Å². The van der Waals surface area contributed by atoms with E-state index in [1.807, 2.05) is 0 Å². The molecule has 0 unspecified atom stereocenters. The Morgan fingerprint density at radius 1 is 1.33 bits per heavy atom. The van der Waals surface area contributed by atoms with Gasteiger partial charge in [-0.3, -0.25) is 0 Å². The molecule has 0 atom stereocenters. The topological polar surface area (TPSA) is 70.3 Å². The second-order valence-electron chi connectivity index (χ2n) is 4.13. The highest BCUT2D eigenvalue weighted by Gasteiger charge is 2.44. The van der Waals surface area contributed by atoms with Crippen molar-refractivity contribution in [3.05, 3.63) is 17.1 Å². The van der Waals surface area contributed by atoms with Crippen molar-refractivity contribution in [3.8, 4) is 5.88 Å². The number of hydrogen-bond donors (Lipinski definition) is 1. The molecule has 15 heavy (non-hydrogen) atoms. The van der Waals surface area contributed by atoms with Crippen molar-refractivity contribution in [2.75, 3.05) is 7.11 Å². The zero-order valence-corrected chi connectivity index (χ0v) is 8.62. The van der Waals surface area contributed by atoms with E-state index in [1.54, 1.807) is 7.11 Å². The van der Waals surface area contributed by atoms with Crippen molar-refractivity contribution >= 4 is 0 Å². The molecule has 2 N–H and O–H groups in total. The molecule has 0 aromatic carbocycles. The van der Waals surface area contributed by atoms with Gasteiger partial charge in [0.15, 0.2) is 5.82 Å². The van der Waals surface area contributed by atoms with Gasteiger partial charge >= 0.3 is 0 Å². The standard InChI is InChI=1S/C10H13N3O2/c1-14-8-6-4-15-5-7(6)12-9(13-8)10(11)2-3-10/h2-5,11H2,1H3. The zero-order valence-electron chi connectivity index (χ0n) is 8.62. The Morgan fingerprint density at radius 2 is 2.13 bits per heavy atom. The van der Waals surface area contributed by atoms with Gasteiger partial charge in [-0.2, -0.15) is 4.98 Å². The molecule has 5 nitrogen and oxygen atoms in total. The number of fused-ring (bicyclic) bond motifs is 1. The summed E-state index contributed by atoms with van der Waals surface area (Å²) < 4.78 is 10.6. The van der Waals surface area contributed by atoms with Crippen LogP contribution in [0.2, 0.25) is 0 Å². The van der Waals surface area contributed by atoms with Crippen molar-refractivity contribution < 1.29 is 9.47 Å². The second kappa shape index (κ2) is 2.90. The quantitative estimate of drug-likeness (QED) is 0.763. The van der Waals surface area contributed by atoms with Gasteiger partial charge in [-0.15, -0.1) is 0 Å². The molecule has 3 rings (SSSR count). The van der Waals surface area contributed by atoms with Gasteiger partial charge in [-0.05, 0) is 12.8 Å². The summed E-state index contributed by atoms with van der Waals surface area (Å²) in [6.07, 6.45) is 1.91. The number of rotatable bonds is 2. The first-order valence-electron chi connectivity index (χ1n) is 5.04. The van der Waals surface area contributed by atoms with Crippen LogP contribution in [-0.2, 0) is 23.5 Å². The van der Waals surface area contributed by atoms with Gasteiger partial charge in [0.25, 0.3) is 0 Å². The number of ether oxygens (including phenoxy) is 2. The van der Waals surface area contributed by atoms with Crippen LogP contribution in [0.4, 0.5) is 0 Å². The highest BCUT2D eigenvalue weighted by atomic mass is 16.5. The number of aromatic nitrogens is 2. The molecule has 0 spiro atoms. The number of hydrogen-bond acceptors (Lipinski definition) is 5. The molecule has 0 saturated heterocycles. The maximum absolute atomic E-state index is 6.06. The largest absolute Gasteiger partial charge is 0.481 e. The average Bonchev–Trinajstić information content (AvgIpc) is 2.82. The Morgan fingerprint density at radius 3 is 2.80 bits per heavy atom. The van der Waals surface area contributed by atoms with E-state index < -0.39 is 0 Å². The second-order valence-corrected chi connectivity index (χ2v) is 4.13. The van der Waals surface area contributed by atoms with Crippen LogP contribution in [0.5, 0.6) is 5.88 Å². The van der Waals surface area contributed by atoms with Crippen molar-refractivity contribution in [3.63, 3.8) is 0 Å². The van der Waals surface area contributed by atoms with E-state index in [2.05, 4.69) is 9.97 Å². The summed E-state index contributed by atoms with van der Waals surface area (Å²) in [5, 5.41) is 0. The smallest absolute Gasteiger partial charge is 0.222 e. The molecule has 0 amide bonds. The highest BCUT2D eigenvalue weighted by molar-refractivity contribution is 5.34. The lowest BCUT2D eigenvalue weighted by Gasteiger charge is -2.11. The molecule has 5 heteroatoms. The van der Waals surface area contributed by atoms with Crippen LogP contribution in [0.3, 0.4) is 0 Å². The first-order valence-corrected chi connectivity index (χ1v) is 5.04. The lowest BCUT2D eigenvalue weighted by Crippen LogP contribution is -2.23. The number of methoxy groups -OCH3 is 1. The lowest BCUT2D eigenvalue weighted by atomic mass is 10.2. The molecule has 1 fully saturated rings. The molecule has 1 aromatic rings. The molecule has 2 aliphatic rings. The molecule has 1 aliphatic carbocycles. The fraction of sp³-hybridized carbons (Fsp3) is 0.600. The predicted octanol–water partition coefficient (Wildman–Crippen LogP) is 0.463. The van der Waals surface area contributed by atoms with Crippen LogP contribution >= 0.6 is 0 Å². The summed E-state index contributed by atoms with van der Waals surface area (Å²) in [5.74, 6) is 1.31. The molecule has 1 saturated carbocycles. The minimum absolute atomic E-state index is 0.315. The summed E-state index contributed by atoms with van der Waals surface area (Å²) in [6, 6.07) is 0. The SMILES string of the molecule is COc1nc(C2(N)CC2)nc2c1COC2. The summed E-state index contributed by atoms with van der Waals surface area (Å²) in [7, 11) is 1.61. The highest BCUT2D eigenvalue weighted by Crippen LogP contribution is 2.42. The normalized spacial score (nSPS) is 21.2. The summed E-state index contributed by atoms with van der Waals surface area (Å²) in [6.45, 7) is 1.08. The minimum Gasteiger partial charge on any atom is -0.481 e. The Labute approximate surface area is 87.6 Å². The lowest BCUT2D eigenvalue weighted by molar-refractivity contribution is 0.132. The van der Waals surface area contributed by atoms with E-state index in [4.69, 9.17) is 15.2 Å². The fourth-order valence-corrected chi connectivity index (χ4v) is 1.77. The van der Waals surface area contributed by atoms with Gasteiger partial charge in [-0.25, -0.2) is 4.98 Å². The first-order chi connectivity index (χ1) is 7.23. The average molecular weight is 207 g/mol. The van der Waals surface area contributed by atoms with Gasteiger partial charge in [0.1, 0.15) is 0 Å². The maximum Gasteiger partial charge on any atom is 0.222 e. The third-order valence-electron chi connectivity index (χ3n) is 2.97. The van der Waals surface area contributed by atoms with E-state index in [9.17, 15) is 0 Å². The van der Waals surface area contributed by atoms with E-state index in [0.29, 0.717) is 24.9 Å². The number of nitrogens with two attached hydrogens (primary N) is 1. The predicted molar refractivity (Wildman–Crippen MR) is 52.2 cm³/mol. The van der Waals surface area contributed by atoms with Gasteiger partial charge in [0.2, 0.25) is 5.88 Å². The van der Waals surface area contributed by atoms with Crippen molar-refractivity contribution in [2.24, 2.45) is 5.73 Å². The molecule has 1 aliphatic heterocycles. The Balaban J connectivity index is 2.11. The zero-order chi connectivity index (χ0) is 10.5. The van der Waals surface area contributed by atoms with Crippen LogP contribution < -0.4 is 10.5 Å². The summed E-state index contributed by atoms with van der Waals surface area (Å²) >= 11 is 0.